The van der Waals surface area contributed by atoms with Crippen LogP contribution >= 0.6 is 0 Å². The number of aliphatic hydroxyl groups is 1. The third kappa shape index (κ3) is 2.70. The molecule has 0 saturated carbocycles. The van der Waals surface area contributed by atoms with E-state index in [0.29, 0.717) is 0 Å². The van der Waals surface area contributed by atoms with Gasteiger partial charge in [-0.1, -0.05) is 43.2 Å². The van der Waals surface area contributed by atoms with Crippen molar-refractivity contribution >= 4 is 0 Å². The molecule has 0 aromatic heterocycles. The molecule has 1 aliphatic rings. The molecule has 94 valence electrons. The molecule has 1 fully saturated rings. The number of rotatable bonds is 3. The van der Waals surface area contributed by atoms with Crippen molar-refractivity contribution in [1.82, 2.24) is 4.90 Å². The Morgan fingerprint density at radius 1 is 1.06 bits per heavy atom. The number of benzene rings is 1. The first kappa shape index (κ1) is 12.6. The van der Waals surface area contributed by atoms with E-state index >= 15 is 0 Å². The number of hydrogen-bond donors (Lipinski definition) is 1. The molecule has 0 bridgehead atoms. The molecule has 0 aliphatic carbocycles. The highest BCUT2D eigenvalue weighted by atomic mass is 16.3. The van der Waals surface area contributed by atoms with Gasteiger partial charge < -0.3 is 5.11 Å². The van der Waals surface area contributed by atoms with Gasteiger partial charge in [-0.05, 0) is 38.4 Å². The second-order valence-electron chi connectivity index (χ2n) is 5.20. The molecule has 2 nitrogen and oxygen atoms in total. The van der Waals surface area contributed by atoms with Gasteiger partial charge in [0.05, 0.1) is 12.1 Å². The van der Waals surface area contributed by atoms with Crippen LogP contribution in [0.25, 0.3) is 0 Å². The Labute approximate surface area is 104 Å². The molecule has 2 heteroatoms. The monoisotopic (exact) mass is 233 g/mol. The minimum Gasteiger partial charge on any atom is -0.394 e. The lowest BCUT2D eigenvalue weighted by Crippen LogP contribution is -2.47. The van der Waals surface area contributed by atoms with E-state index in [4.69, 9.17) is 0 Å². The Morgan fingerprint density at radius 2 is 1.65 bits per heavy atom. The van der Waals surface area contributed by atoms with Gasteiger partial charge in [0, 0.05) is 0 Å². The molecule has 1 N–H and O–H groups in total. The molecule has 1 unspecified atom stereocenters. The molecule has 1 heterocycles. The minimum atomic E-state index is -0.217. The molecule has 1 atom stereocenters. The first-order chi connectivity index (χ1) is 8.27. The van der Waals surface area contributed by atoms with E-state index in [0.717, 1.165) is 13.1 Å². The van der Waals surface area contributed by atoms with Crippen LogP contribution in [-0.2, 0) is 5.54 Å². The van der Waals surface area contributed by atoms with Gasteiger partial charge in [0.1, 0.15) is 0 Å². The SMILES string of the molecule is CC(CO)(c1ccccc1)N1CCCCCC1. The smallest absolute Gasteiger partial charge is 0.0665 e. The molecule has 1 aliphatic heterocycles. The number of nitrogens with zero attached hydrogens (tertiary/aromatic N) is 1. The zero-order chi connectivity index (χ0) is 12.1. The van der Waals surface area contributed by atoms with E-state index in [1.54, 1.807) is 0 Å². The van der Waals surface area contributed by atoms with Gasteiger partial charge in [0.25, 0.3) is 0 Å². The fourth-order valence-electron chi connectivity index (χ4n) is 2.74. The van der Waals surface area contributed by atoms with E-state index in [1.807, 2.05) is 6.07 Å². The predicted octanol–water partition coefficient (Wildman–Crippen LogP) is 2.77. The number of likely N-dealkylation sites (tertiary alicyclic amines) is 1. The summed E-state index contributed by atoms with van der Waals surface area (Å²) in [6.07, 6.45) is 5.16. The lowest BCUT2D eigenvalue weighted by atomic mass is 9.90. The summed E-state index contributed by atoms with van der Waals surface area (Å²) in [5.41, 5.74) is 1.01. The normalized spacial score (nSPS) is 21.8. The molecule has 0 spiro atoms. The Hall–Kier alpha value is -0.860. The van der Waals surface area contributed by atoms with E-state index in [9.17, 15) is 5.11 Å². The molecule has 1 saturated heterocycles. The van der Waals surface area contributed by atoms with Crippen LogP contribution in [0.2, 0.25) is 0 Å². The van der Waals surface area contributed by atoms with Gasteiger partial charge in [-0.25, -0.2) is 0 Å². The Morgan fingerprint density at radius 3 is 2.18 bits per heavy atom. The topological polar surface area (TPSA) is 23.5 Å². The van der Waals surface area contributed by atoms with Crippen molar-refractivity contribution in [2.45, 2.75) is 38.1 Å². The van der Waals surface area contributed by atoms with Crippen molar-refractivity contribution in [3.63, 3.8) is 0 Å². The van der Waals surface area contributed by atoms with E-state index in [2.05, 4.69) is 36.1 Å². The van der Waals surface area contributed by atoms with Crippen LogP contribution in [0.3, 0.4) is 0 Å². The van der Waals surface area contributed by atoms with Crippen molar-refractivity contribution in [2.75, 3.05) is 19.7 Å². The van der Waals surface area contributed by atoms with Crippen LogP contribution < -0.4 is 0 Å². The summed E-state index contributed by atoms with van der Waals surface area (Å²) in [5.74, 6) is 0. The number of hydrogen-bond acceptors (Lipinski definition) is 2. The maximum Gasteiger partial charge on any atom is 0.0665 e. The van der Waals surface area contributed by atoms with Crippen LogP contribution in [0, 0.1) is 0 Å². The Kier molecular flexibility index (Phi) is 4.19. The van der Waals surface area contributed by atoms with E-state index in [-0.39, 0.29) is 12.1 Å². The molecular weight excluding hydrogens is 210 g/mol. The van der Waals surface area contributed by atoms with Crippen molar-refractivity contribution in [2.24, 2.45) is 0 Å². The van der Waals surface area contributed by atoms with Crippen LogP contribution in [0.5, 0.6) is 0 Å². The largest absolute Gasteiger partial charge is 0.394 e. The highest BCUT2D eigenvalue weighted by molar-refractivity contribution is 5.24. The van der Waals surface area contributed by atoms with Gasteiger partial charge in [-0.2, -0.15) is 0 Å². The minimum absolute atomic E-state index is 0.191. The van der Waals surface area contributed by atoms with Gasteiger partial charge >= 0.3 is 0 Å². The maximum absolute atomic E-state index is 9.84. The summed E-state index contributed by atoms with van der Waals surface area (Å²) < 4.78 is 0. The van der Waals surface area contributed by atoms with Gasteiger partial charge in [-0.3, -0.25) is 4.90 Å². The fraction of sp³-hybridized carbons (Fsp3) is 0.600. The zero-order valence-electron chi connectivity index (χ0n) is 10.7. The van der Waals surface area contributed by atoms with Crippen LogP contribution in [0.4, 0.5) is 0 Å². The Balaban J connectivity index is 2.23. The molecular formula is C15H23NO. The van der Waals surface area contributed by atoms with Crippen molar-refractivity contribution < 1.29 is 5.11 Å². The van der Waals surface area contributed by atoms with E-state index in [1.165, 1.54) is 31.2 Å². The fourth-order valence-corrected chi connectivity index (χ4v) is 2.74. The first-order valence-corrected chi connectivity index (χ1v) is 6.69. The van der Waals surface area contributed by atoms with Crippen LogP contribution in [0.1, 0.15) is 38.2 Å². The molecule has 1 aromatic rings. The van der Waals surface area contributed by atoms with Crippen LogP contribution in [-0.4, -0.2) is 29.7 Å². The van der Waals surface area contributed by atoms with Crippen molar-refractivity contribution in [3.8, 4) is 0 Å². The molecule has 0 amide bonds. The average Bonchev–Trinajstić information content (AvgIpc) is 2.68. The van der Waals surface area contributed by atoms with Gasteiger partial charge in [-0.15, -0.1) is 0 Å². The second-order valence-corrected chi connectivity index (χ2v) is 5.20. The lowest BCUT2D eigenvalue weighted by molar-refractivity contribution is 0.0428. The summed E-state index contributed by atoms with van der Waals surface area (Å²) >= 11 is 0. The number of aliphatic hydroxyl groups excluding tert-OH is 1. The molecule has 0 radical (unpaired) electrons. The predicted molar refractivity (Wildman–Crippen MR) is 70.9 cm³/mol. The van der Waals surface area contributed by atoms with Crippen molar-refractivity contribution in [3.05, 3.63) is 35.9 Å². The zero-order valence-corrected chi connectivity index (χ0v) is 10.7. The highest BCUT2D eigenvalue weighted by Crippen LogP contribution is 2.29. The summed E-state index contributed by atoms with van der Waals surface area (Å²) in [7, 11) is 0. The average molecular weight is 233 g/mol. The summed E-state index contributed by atoms with van der Waals surface area (Å²) in [5, 5.41) is 9.84. The van der Waals surface area contributed by atoms with Gasteiger partial charge in [0.15, 0.2) is 0 Å². The summed E-state index contributed by atoms with van der Waals surface area (Å²) in [6, 6.07) is 10.4. The Bertz CT molecular complexity index is 330. The molecule has 1 aromatic carbocycles. The molecule has 17 heavy (non-hydrogen) atoms. The third-order valence-corrected chi connectivity index (χ3v) is 4.01. The van der Waals surface area contributed by atoms with Crippen molar-refractivity contribution in [1.29, 1.82) is 0 Å². The summed E-state index contributed by atoms with van der Waals surface area (Å²) in [4.78, 5) is 2.45. The second kappa shape index (κ2) is 5.65. The first-order valence-electron chi connectivity index (χ1n) is 6.69. The quantitative estimate of drug-likeness (QED) is 0.867. The maximum atomic E-state index is 9.84. The summed E-state index contributed by atoms with van der Waals surface area (Å²) in [6.45, 7) is 4.56. The molecule has 2 rings (SSSR count). The van der Waals surface area contributed by atoms with Gasteiger partial charge in [0.2, 0.25) is 0 Å². The third-order valence-electron chi connectivity index (χ3n) is 4.01. The lowest BCUT2D eigenvalue weighted by Gasteiger charge is -2.40. The standard InChI is InChI=1S/C15H23NO/c1-15(13-17,14-9-5-4-6-10-14)16-11-7-2-3-8-12-16/h4-6,9-10,17H,2-3,7-8,11-13H2,1H3. The van der Waals surface area contributed by atoms with E-state index < -0.39 is 0 Å². The highest BCUT2D eigenvalue weighted by Gasteiger charge is 2.32. The van der Waals surface area contributed by atoms with Crippen LogP contribution in [0.15, 0.2) is 30.3 Å².